The highest BCUT2D eigenvalue weighted by Gasteiger charge is 2.36. The lowest BCUT2D eigenvalue weighted by Crippen LogP contribution is -2.46. The van der Waals surface area contributed by atoms with Crippen molar-refractivity contribution in [3.8, 4) is 0 Å². The molecule has 0 amide bonds. The molecule has 0 bridgehead atoms. The number of rotatable bonds is 2. The molecule has 1 aromatic carbocycles. The SMILES string of the molecule is CC1(c2ccccc2)CN(C2CC2)CCCN1. The van der Waals surface area contributed by atoms with Crippen molar-refractivity contribution in [2.45, 2.75) is 37.8 Å². The van der Waals surface area contributed by atoms with Gasteiger partial charge in [0.2, 0.25) is 0 Å². The predicted molar refractivity (Wildman–Crippen MR) is 71.0 cm³/mol. The van der Waals surface area contributed by atoms with Gasteiger partial charge in [0.25, 0.3) is 0 Å². The van der Waals surface area contributed by atoms with Gasteiger partial charge in [-0.1, -0.05) is 30.3 Å². The predicted octanol–water partition coefficient (Wildman–Crippen LogP) is 2.36. The van der Waals surface area contributed by atoms with E-state index in [1.165, 1.54) is 31.4 Å². The average molecular weight is 230 g/mol. The third-order valence-corrected chi connectivity index (χ3v) is 4.13. The van der Waals surface area contributed by atoms with Crippen LogP contribution in [0.25, 0.3) is 0 Å². The quantitative estimate of drug-likeness (QED) is 0.839. The molecule has 2 heteroatoms. The summed E-state index contributed by atoms with van der Waals surface area (Å²) in [6.07, 6.45) is 4.09. The number of benzene rings is 1. The van der Waals surface area contributed by atoms with E-state index < -0.39 is 0 Å². The second-order valence-electron chi connectivity index (χ2n) is 5.68. The molecule has 2 aliphatic rings. The monoisotopic (exact) mass is 230 g/mol. The Balaban J connectivity index is 1.83. The largest absolute Gasteiger partial charge is 0.307 e. The summed E-state index contributed by atoms with van der Waals surface area (Å²) in [4.78, 5) is 2.69. The van der Waals surface area contributed by atoms with E-state index in [4.69, 9.17) is 0 Å². The fraction of sp³-hybridized carbons (Fsp3) is 0.600. The summed E-state index contributed by atoms with van der Waals surface area (Å²) >= 11 is 0. The highest BCUT2D eigenvalue weighted by atomic mass is 15.2. The fourth-order valence-electron chi connectivity index (χ4n) is 2.94. The van der Waals surface area contributed by atoms with E-state index in [-0.39, 0.29) is 5.54 Å². The van der Waals surface area contributed by atoms with Crippen LogP contribution < -0.4 is 5.32 Å². The summed E-state index contributed by atoms with van der Waals surface area (Å²) in [6.45, 7) is 5.90. The molecule has 1 aromatic rings. The molecule has 1 N–H and O–H groups in total. The molecule has 2 fully saturated rings. The van der Waals surface area contributed by atoms with Crippen molar-refractivity contribution in [2.24, 2.45) is 0 Å². The zero-order valence-electron chi connectivity index (χ0n) is 10.7. The molecule has 1 unspecified atom stereocenters. The van der Waals surface area contributed by atoms with Gasteiger partial charge in [-0.3, -0.25) is 4.90 Å². The second kappa shape index (κ2) is 4.43. The normalized spacial score (nSPS) is 31.1. The maximum absolute atomic E-state index is 3.75. The molecule has 2 nitrogen and oxygen atoms in total. The molecule has 17 heavy (non-hydrogen) atoms. The van der Waals surface area contributed by atoms with E-state index in [9.17, 15) is 0 Å². The molecule has 0 aromatic heterocycles. The van der Waals surface area contributed by atoms with Gasteiger partial charge >= 0.3 is 0 Å². The van der Waals surface area contributed by atoms with Gasteiger partial charge in [-0.25, -0.2) is 0 Å². The molecule has 92 valence electrons. The minimum atomic E-state index is 0.125. The Hall–Kier alpha value is -0.860. The van der Waals surface area contributed by atoms with Gasteiger partial charge in [0, 0.05) is 12.6 Å². The van der Waals surface area contributed by atoms with Crippen LogP contribution in [0.2, 0.25) is 0 Å². The topological polar surface area (TPSA) is 15.3 Å². The Kier molecular flexibility index (Phi) is 2.93. The molecule has 0 spiro atoms. The van der Waals surface area contributed by atoms with Gasteiger partial charge in [-0.05, 0) is 44.8 Å². The van der Waals surface area contributed by atoms with Crippen molar-refractivity contribution in [3.63, 3.8) is 0 Å². The number of hydrogen-bond acceptors (Lipinski definition) is 2. The van der Waals surface area contributed by atoms with Crippen LogP contribution in [-0.2, 0) is 5.54 Å². The molecule has 0 radical (unpaired) electrons. The zero-order chi connectivity index (χ0) is 11.7. The van der Waals surface area contributed by atoms with Crippen LogP contribution in [0.5, 0.6) is 0 Å². The molecule has 1 aliphatic heterocycles. The Morgan fingerprint density at radius 1 is 1.24 bits per heavy atom. The van der Waals surface area contributed by atoms with E-state index in [1.54, 1.807) is 0 Å². The molecular formula is C15H22N2. The van der Waals surface area contributed by atoms with Crippen molar-refractivity contribution in [1.82, 2.24) is 10.2 Å². The van der Waals surface area contributed by atoms with E-state index in [1.807, 2.05) is 0 Å². The van der Waals surface area contributed by atoms with Crippen LogP contribution in [0.4, 0.5) is 0 Å². The Morgan fingerprint density at radius 2 is 2.00 bits per heavy atom. The first-order valence-corrected chi connectivity index (χ1v) is 6.82. The standard InChI is InChI=1S/C15H22N2/c1-15(13-6-3-2-4-7-13)12-17(14-8-9-14)11-5-10-16-15/h2-4,6-7,14,16H,5,8-12H2,1H3. The summed E-state index contributed by atoms with van der Waals surface area (Å²) in [5, 5.41) is 3.75. The van der Waals surface area contributed by atoms with Gasteiger partial charge in [0.05, 0.1) is 5.54 Å². The van der Waals surface area contributed by atoms with Gasteiger partial charge in [-0.15, -0.1) is 0 Å². The first-order valence-electron chi connectivity index (χ1n) is 6.82. The number of nitrogens with zero attached hydrogens (tertiary/aromatic N) is 1. The molecule has 3 rings (SSSR count). The summed E-state index contributed by atoms with van der Waals surface area (Å²) in [6, 6.07) is 11.8. The molecule has 1 aliphatic carbocycles. The molecule has 1 atom stereocenters. The summed E-state index contributed by atoms with van der Waals surface area (Å²) < 4.78 is 0. The Labute approximate surface area is 104 Å². The van der Waals surface area contributed by atoms with E-state index in [0.717, 1.165) is 19.1 Å². The second-order valence-corrected chi connectivity index (χ2v) is 5.68. The maximum Gasteiger partial charge on any atom is 0.0535 e. The fourth-order valence-corrected chi connectivity index (χ4v) is 2.94. The molecular weight excluding hydrogens is 208 g/mol. The first kappa shape index (κ1) is 11.2. The highest BCUT2D eigenvalue weighted by Crippen LogP contribution is 2.32. The maximum atomic E-state index is 3.75. The van der Waals surface area contributed by atoms with Crippen molar-refractivity contribution in [2.75, 3.05) is 19.6 Å². The molecule has 1 heterocycles. The Morgan fingerprint density at radius 3 is 2.71 bits per heavy atom. The molecule has 1 saturated heterocycles. The van der Waals surface area contributed by atoms with Crippen molar-refractivity contribution < 1.29 is 0 Å². The third-order valence-electron chi connectivity index (χ3n) is 4.13. The van der Waals surface area contributed by atoms with Crippen molar-refractivity contribution in [1.29, 1.82) is 0 Å². The minimum absolute atomic E-state index is 0.125. The van der Waals surface area contributed by atoms with E-state index >= 15 is 0 Å². The zero-order valence-corrected chi connectivity index (χ0v) is 10.7. The van der Waals surface area contributed by atoms with Crippen LogP contribution in [-0.4, -0.2) is 30.6 Å². The van der Waals surface area contributed by atoms with Gasteiger partial charge in [-0.2, -0.15) is 0 Å². The minimum Gasteiger partial charge on any atom is -0.307 e. The lowest BCUT2D eigenvalue weighted by molar-refractivity contribution is 0.212. The Bertz CT molecular complexity index is 372. The van der Waals surface area contributed by atoms with E-state index in [2.05, 4.69) is 47.5 Å². The van der Waals surface area contributed by atoms with Gasteiger partial charge in [0.1, 0.15) is 0 Å². The van der Waals surface area contributed by atoms with Crippen LogP contribution >= 0.6 is 0 Å². The van der Waals surface area contributed by atoms with Crippen LogP contribution in [0, 0.1) is 0 Å². The highest BCUT2D eigenvalue weighted by molar-refractivity contribution is 5.24. The van der Waals surface area contributed by atoms with Gasteiger partial charge in [0.15, 0.2) is 0 Å². The number of nitrogens with one attached hydrogen (secondary N) is 1. The summed E-state index contributed by atoms with van der Waals surface area (Å²) in [5.41, 5.74) is 1.55. The average Bonchev–Trinajstić information content (AvgIpc) is 3.17. The van der Waals surface area contributed by atoms with Crippen LogP contribution in [0.15, 0.2) is 30.3 Å². The van der Waals surface area contributed by atoms with Crippen LogP contribution in [0.3, 0.4) is 0 Å². The lowest BCUT2D eigenvalue weighted by atomic mass is 9.91. The smallest absolute Gasteiger partial charge is 0.0535 e. The summed E-state index contributed by atoms with van der Waals surface area (Å²) in [7, 11) is 0. The summed E-state index contributed by atoms with van der Waals surface area (Å²) in [5.74, 6) is 0. The van der Waals surface area contributed by atoms with Crippen LogP contribution in [0.1, 0.15) is 31.7 Å². The van der Waals surface area contributed by atoms with Crippen molar-refractivity contribution in [3.05, 3.63) is 35.9 Å². The first-order chi connectivity index (χ1) is 8.28. The third kappa shape index (κ3) is 2.38. The molecule has 1 saturated carbocycles. The van der Waals surface area contributed by atoms with Crippen molar-refractivity contribution >= 4 is 0 Å². The lowest BCUT2D eigenvalue weighted by Gasteiger charge is -2.34. The van der Waals surface area contributed by atoms with Gasteiger partial charge < -0.3 is 5.32 Å². The van der Waals surface area contributed by atoms with E-state index in [0.29, 0.717) is 0 Å². The number of hydrogen-bond donors (Lipinski definition) is 1.